The molecule has 0 aromatic carbocycles. The molecule has 8 heteroatoms. The normalized spacial score (nSPS) is 19.4. The van der Waals surface area contributed by atoms with E-state index in [1.54, 1.807) is 30.2 Å². The number of methoxy groups -OCH3 is 1. The van der Waals surface area contributed by atoms with Gasteiger partial charge in [0.15, 0.2) is 5.82 Å². The van der Waals surface area contributed by atoms with Crippen LogP contribution in [-0.2, 0) is 20.9 Å². The maximum Gasteiger partial charge on any atom is 0.245 e. The van der Waals surface area contributed by atoms with Crippen LogP contribution in [0.5, 0.6) is 0 Å². The van der Waals surface area contributed by atoms with E-state index in [9.17, 15) is 9.59 Å². The number of amides is 2. The van der Waals surface area contributed by atoms with Crippen LogP contribution in [0.1, 0.15) is 32.6 Å². The summed E-state index contributed by atoms with van der Waals surface area (Å²) in [7, 11) is 1.57. The van der Waals surface area contributed by atoms with Crippen LogP contribution in [0.4, 0.5) is 0 Å². The molecule has 1 aromatic rings. The molecule has 0 N–H and O–H groups in total. The Morgan fingerprint density at radius 1 is 1.41 bits per heavy atom. The van der Waals surface area contributed by atoms with Crippen LogP contribution < -0.4 is 0 Å². The highest BCUT2D eigenvalue weighted by Gasteiger charge is 2.36. The maximum absolute atomic E-state index is 12.4. The Bertz CT molecular complexity index is 542. The summed E-state index contributed by atoms with van der Waals surface area (Å²) in [6, 6.07) is -0.301. The van der Waals surface area contributed by atoms with E-state index in [1.165, 1.54) is 0 Å². The van der Waals surface area contributed by atoms with Gasteiger partial charge in [-0.1, -0.05) is 0 Å². The molecule has 1 fully saturated rings. The first-order chi connectivity index (χ1) is 10.5. The van der Waals surface area contributed by atoms with Gasteiger partial charge in [-0.25, -0.2) is 0 Å². The number of carbonyl (C=O) groups is 2. The highest BCUT2D eigenvalue weighted by Crippen LogP contribution is 2.17. The van der Waals surface area contributed by atoms with Gasteiger partial charge in [0.2, 0.25) is 11.8 Å². The van der Waals surface area contributed by atoms with Crippen LogP contribution in [0.3, 0.4) is 0 Å². The van der Waals surface area contributed by atoms with E-state index < -0.39 is 6.04 Å². The molecule has 0 unspecified atom stereocenters. The number of carbonyl (C=O) groups excluding carboxylic acids is 2. The molecule has 0 aliphatic carbocycles. The van der Waals surface area contributed by atoms with Crippen molar-refractivity contribution in [2.24, 2.45) is 0 Å². The fourth-order valence-electron chi connectivity index (χ4n) is 2.52. The van der Waals surface area contributed by atoms with E-state index >= 15 is 0 Å². The van der Waals surface area contributed by atoms with Crippen molar-refractivity contribution in [3.8, 4) is 0 Å². The van der Waals surface area contributed by atoms with E-state index in [4.69, 9.17) is 4.74 Å². The second-order valence-electron chi connectivity index (χ2n) is 5.70. The van der Waals surface area contributed by atoms with Crippen molar-refractivity contribution in [3.63, 3.8) is 0 Å². The summed E-state index contributed by atoms with van der Waals surface area (Å²) in [6.07, 6.45) is 1.64. The van der Waals surface area contributed by atoms with Crippen LogP contribution in [0.25, 0.3) is 0 Å². The zero-order chi connectivity index (χ0) is 16.3. The molecule has 1 aromatic heterocycles. The van der Waals surface area contributed by atoms with Crippen molar-refractivity contribution in [2.75, 3.05) is 26.8 Å². The van der Waals surface area contributed by atoms with Gasteiger partial charge in [-0.3, -0.25) is 9.59 Å². The van der Waals surface area contributed by atoms with Gasteiger partial charge >= 0.3 is 0 Å². The summed E-state index contributed by atoms with van der Waals surface area (Å²) in [5.74, 6) is 0.544. The highest BCUT2D eigenvalue weighted by molar-refractivity contribution is 5.94. The Kier molecular flexibility index (Phi) is 5.12. The molecule has 1 saturated heterocycles. The smallest absolute Gasteiger partial charge is 0.245 e. The molecule has 1 atom stereocenters. The summed E-state index contributed by atoms with van der Waals surface area (Å²) in [5.41, 5.74) is 0. The third-order valence-corrected chi connectivity index (χ3v) is 3.86. The standard InChI is InChI=1S/C14H23N5O3/c1-10(2)19-9-15-16-12(19)7-18-11(3)14(21)17(5-6-22-4)8-13(18)20/h9-11H,5-8H2,1-4H3/t11-/m0/s1. The number of ether oxygens (including phenoxy) is 1. The first kappa shape index (κ1) is 16.4. The molecule has 2 rings (SSSR count). The molecule has 1 aliphatic rings. The monoisotopic (exact) mass is 309 g/mol. The minimum Gasteiger partial charge on any atom is -0.383 e. The van der Waals surface area contributed by atoms with Gasteiger partial charge in [0.1, 0.15) is 12.4 Å². The van der Waals surface area contributed by atoms with Gasteiger partial charge < -0.3 is 19.1 Å². The number of nitrogens with zero attached hydrogens (tertiary/aromatic N) is 5. The van der Waals surface area contributed by atoms with Crippen molar-refractivity contribution < 1.29 is 14.3 Å². The van der Waals surface area contributed by atoms with Gasteiger partial charge in [0, 0.05) is 19.7 Å². The highest BCUT2D eigenvalue weighted by atomic mass is 16.5. The van der Waals surface area contributed by atoms with Gasteiger partial charge in [-0.15, -0.1) is 10.2 Å². The third kappa shape index (κ3) is 3.27. The fourth-order valence-corrected chi connectivity index (χ4v) is 2.52. The van der Waals surface area contributed by atoms with Crippen molar-refractivity contribution >= 4 is 11.8 Å². The lowest BCUT2D eigenvalue weighted by Crippen LogP contribution is -2.59. The molecular weight excluding hydrogens is 286 g/mol. The quantitative estimate of drug-likeness (QED) is 0.742. The molecule has 0 saturated carbocycles. The fraction of sp³-hybridized carbons (Fsp3) is 0.714. The summed E-state index contributed by atoms with van der Waals surface area (Å²) in [4.78, 5) is 27.8. The molecule has 0 bridgehead atoms. The molecule has 1 aliphatic heterocycles. The number of hydrogen-bond donors (Lipinski definition) is 0. The van der Waals surface area contributed by atoms with Gasteiger partial charge in [0.25, 0.3) is 0 Å². The van der Waals surface area contributed by atoms with E-state index in [0.29, 0.717) is 25.5 Å². The second-order valence-corrected chi connectivity index (χ2v) is 5.70. The zero-order valence-electron chi connectivity index (χ0n) is 13.5. The van der Waals surface area contributed by atoms with Gasteiger partial charge in [-0.05, 0) is 20.8 Å². The average Bonchev–Trinajstić information content (AvgIpc) is 2.94. The predicted octanol–water partition coefficient (Wildman–Crippen LogP) is 0.0647. The third-order valence-electron chi connectivity index (χ3n) is 3.86. The van der Waals surface area contributed by atoms with Gasteiger partial charge in [-0.2, -0.15) is 0 Å². The molecule has 122 valence electrons. The number of piperazine rings is 1. The predicted molar refractivity (Wildman–Crippen MR) is 78.9 cm³/mol. The Labute approximate surface area is 130 Å². The Morgan fingerprint density at radius 2 is 2.14 bits per heavy atom. The summed E-state index contributed by atoms with van der Waals surface area (Å²) >= 11 is 0. The molecular formula is C14H23N5O3. The summed E-state index contributed by atoms with van der Waals surface area (Å²) in [5, 5.41) is 7.96. The Balaban J connectivity index is 2.10. The lowest BCUT2D eigenvalue weighted by Gasteiger charge is -2.38. The molecule has 2 amide bonds. The first-order valence-corrected chi connectivity index (χ1v) is 7.41. The number of aromatic nitrogens is 3. The average molecular weight is 309 g/mol. The van der Waals surface area contributed by atoms with E-state index in [0.717, 1.165) is 0 Å². The maximum atomic E-state index is 12.4. The summed E-state index contributed by atoms with van der Waals surface area (Å²) in [6.45, 7) is 7.02. The molecule has 2 heterocycles. The topological polar surface area (TPSA) is 80.6 Å². The minimum absolute atomic E-state index is 0.0627. The van der Waals surface area contributed by atoms with Crippen molar-refractivity contribution in [3.05, 3.63) is 12.2 Å². The van der Waals surface area contributed by atoms with E-state index in [2.05, 4.69) is 10.2 Å². The van der Waals surface area contributed by atoms with Crippen LogP contribution in [0.2, 0.25) is 0 Å². The Morgan fingerprint density at radius 3 is 2.77 bits per heavy atom. The Hall–Kier alpha value is -1.96. The SMILES string of the molecule is COCCN1CC(=O)N(Cc2nncn2C(C)C)[C@@H](C)C1=O. The van der Waals surface area contributed by atoms with Crippen LogP contribution in [0, 0.1) is 0 Å². The second kappa shape index (κ2) is 6.87. The van der Waals surface area contributed by atoms with Crippen molar-refractivity contribution in [1.82, 2.24) is 24.6 Å². The van der Waals surface area contributed by atoms with E-state index in [-0.39, 0.29) is 24.4 Å². The lowest BCUT2D eigenvalue weighted by atomic mass is 10.1. The van der Waals surface area contributed by atoms with Crippen LogP contribution >= 0.6 is 0 Å². The minimum atomic E-state index is -0.504. The first-order valence-electron chi connectivity index (χ1n) is 7.41. The molecule has 0 spiro atoms. The zero-order valence-corrected chi connectivity index (χ0v) is 13.5. The molecule has 22 heavy (non-hydrogen) atoms. The molecule has 8 nitrogen and oxygen atoms in total. The number of rotatable bonds is 6. The van der Waals surface area contributed by atoms with Crippen LogP contribution in [0.15, 0.2) is 6.33 Å². The van der Waals surface area contributed by atoms with Crippen LogP contribution in [-0.4, -0.2) is 69.2 Å². The summed E-state index contributed by atoms with van der Waals surface area (Å²) < 4.78 is 6.88. The van der Waals surface area contributed by atoms with E-state index in [1.807, 2.05) is 18.4 Å². The van der Waals surface area contributed by atoms with Gasteiger partial charge in [0.05, 0.1) is 19.7 Å². The lowest BCUT2D eigenvalue weighted by molar-refractivity contribution is -0.156. The number of hydrogen-bond acceptors (Lipinski definition) is 5. The largest absolute Gasteiger partial charge is 0.383 e. The molecule has 0 radical (unpaired) electrons. The van der Waals surface area contributed by atoms with Crippen molar-refractivity contribution in [1.29, 1.82) is 0 Å². The van der Waals surface area contributed by atoms with Crippen molar-refractivity contribution in [2.45, 2.75) is 39.4 Å².